The molecule has 1 aromatic heterocycles. The van der Waals surface area contributed by atoms with Gasteiger partial charge in [-0.15, -0.1) is 11.8 Å². The number of ether oxygens (including phenoxy) is 1. The molecule has 0 bridgehead atoms. The molecule has 0 aliphatic carbocycles. The number of aromatic nitrogens is 2. The fourth-order valence-corrected chi connectivity index (χ4v) is 4.25. The van der Waals surface area contributed by atoms with Gasteiger partial charge in [-0.3, -0.25) is 14.3 Å². The van der Waals surface area contributed by atoms with Crippen LogP contribution in [0.1, 0.15) is 52.3 Å². The first-order valence-electron chi connectivity index (χ1n) is 10.1. The summed E-state index contributed by atoms with van der Waals surface area (Å²) in [5.41, 5.74) is 1.73. The van der Waals surface area contributed by atoms with Crippen LogP contribution >= 0.6 is 11.8 Å². The summed E-state index contributed by atoms with van der Waals surface area (Å²) >= 11 is 1.57. The number of rotatable bonds is 9. The molecular weight excluding hydrogens is 406 g/mol. The highest BCUT2D eigenvalue weighted by molar-refractivity contribution is 8.03. The lowest BCUT2D eigenvalue weighted by molar-refractivity contribution is -0.0342. The Morgan fingerprint density at radius 1 is 1.27 bits per heavy atom. The highest BCUT2D eigenvalue weighted by Gasteiger charge is 2.44. The normalized spacial score (nSPS) is 24.6. The zero-order chi connectivity index (χ0) is 22.4. The predicted octanol–water partition coefficient (Wildman–Crippen LogP) is 1.65. The summed E-state index contributed by atoms with van der Waals surface area (Å²) in [6.45, 7) is 8.55. The van der Waals surface area contributed by atoms with Gasteiger partial charge in [-0.1, -0.05) is 17.2 Å². The number of thioether (sulfide) groups is 1. The number of nitrogens with zero attached hydrogens (tertiary/aromatic N) is 1. The molecule has 0 saturated carbocycles. The Labute approximate surface area is 181 Å². The molecule has 1 aromatic rings. The van der Waals surface area contributed by atoms with Crippen LogP contribution in [0.5, 0.6) is 0 Å². The maximum atomic E-state index is 12.2. The zero-order valence-corrected chi connectivity index (χ0v) is 19.1. The standard InChI is InChI=1S/C21H33N3O5S/c1-12(2)7-6-8-13(3)14(4)30-11-16-17(25)18(26)20(29-16)24-10-15(9-22-5)19(27)23-21(24)28/h7,10,16-18,20,22,25-26H,6,8-9,11H2,1-5H3,(H,23,27,28)/b14-13+/t16-,17-,18-,20-/m1/s1. The fourth-order valence-electron chi connectivity index (χ4n) is 3.21. The van der Waals surface area contributed by atoms with Crippen LogP contribution in [0.4, 0.5) is 0 Å². The van der Waals surface area contributed by atoms with Crippen molar-refractivity contribution in [2.24, 2.45) is 0 Å². The fraction of sp³-hybridized carbons (Fsp3) is 0.619. The molecule has 168 valence electrons. The maximum Gasteiger partial charge on any atom is 0.330 e. The van der Waals surface area contributed by atoms with Crippen molar-refractivity contribution in [1.82, 2.24) is 14.9 Å². The van der Waals surface area contributed by atoms with Crippen molar-refractivity contribution >= 4 is 11.8 Å². The van der Waals surface area contributed by atoms with E-state index in [2.05, 4.69) is 37.1 Å². The molecule has 0 aromatic carbocycles. The maximum absolute atomic E-state index is 12.2. The molecule has 0 amide bonds. The first-order chi connectivity index (χ1) is 14.1. The third-order valence-electron chi connectivity index (χ3n) is 5.16. The quantitative estimate of drug-likeness (QED) is 0.432. The van der Waals surface area contributed by atoms with Gasteiger partial charge in [-0.05, 0) is 52.5 Å². The average molecular weight is 440 g/mol. The van der Waals surface area contributed by atoms with Crippen LogP contribution in [-0.4, -0.2) is 50.9 Å². The minimum atomic E-state index is -1.27. The van der Waals surface area contributed by atoms with Crippen molar-refractivity contribution in [1.29, 1.82) is 0 Å². The number of aliphatic hydroxyl groups excluding tert-OH is 2. The summed E-state index contributed by atoms with van der Waals surface area (Å²) in [6.07, 6.45) is 1.42. The van der Waals surface area contributed by atoms with Crippen LogP contribution in [0.25, 0.3) is 0 Å². The number of H-pyrrole nitrogens is 1. The van der Waals surface area contributed by atoms with Gasteiger partial charge in [0.1, 0.15) is 12.2 Å². The lowest BCUT2D eigenvalue weighted by Crippen LogP contribution is -2.39. The van der Waals surface area contributed by atoms with Crippen molar-refractivity contribution in [2.75, 3.05) is 12.8 Å². The van der Waals surface area contributed by atoms with E-state index in [-0.39, 0.29) is 6.54 Å². The Morgan fingerprint density at radius 3 is 2.60 bits per heavy atom. The Balaban J connectivity index is 2.09. The van der Waals surface area contributed by atoms with Crippen molar-refractivity contribution in [3.8, 4) is 0 Å². The molecule has 2 rings (SSSR count). The Kier molecular flexibility index (Phi) is 9.11. The molecule has 1 saturated heterocycles. The number of allylic oxidation sites excluding steroid dienone is 4. The van der Waals surface area contributed by atoms with E-state index in [4.69, 9.17) is 4.74 Å². The smallest absolute Gasteiger partial charge is 0.330 e. The van der Waals surface area contributed by atoms with Gasteiger partial charge < -0.3 is 20.3 Å². The summed E-state index contributed by atoms with van der Waals surface area (Å²) in [6, 6.07) is 0. The zero-order valence-electron chi connectivity index (χ0n) is 18.3. The predicted molar refractivity (Wildman–Crippen MR) is 120 cm³/mol. The number of aromatic amines is 1. The Hall–Kier alpha value is -1.65. The van der Waals surface area contributed by atoms with Crippen molar-refractivity contribution < 1.29 is 14.9 Å². The number of hydrogen-bond acceptors (Lipinski definition) is 7. The van der Waals surface area contributed by atoms with Gasteiger partial charge in [-0.25, -0.2) is 4.79 Å². The minimum absolute atomic E-state index is 0.260. The number of nitrogens with one attached hydrogen (secondary N) is 2. The molecule has 2 heterocycles. The van der Waals surface area contributed by atoms with Gasteiger partial charge in [-0.2, -0.15) is 0 Å². The summed E-state index contributed by atoms with van der Waals surface area (Å²) in [7, 11) is 1.68. The van der Waals surface area contributed by atoms with E-state index in [0.717, 1.165) is 22.3 Å². The first kappa shape index (κ1) is 24.6. The van der Waals surface area contributed by atoms with E-state index < -0.39 is 35.8 Å². The van der Waals surface area contributed by atoms with Crippen molar-refractivity contribution in [3.05, 3.63) is 54.7 Å². The van der Waals surface area contributed by atoms with Crippen LogP contribution in [-0.2, 0) is 11.3 Å². The van der Waals surface area contributed by atoms with E-state index in [1.807, 2.05) is 6.92 Å². The average Bonchev–Trinajstić information content (AvgIpc) is 2.96. The SMILES string of the molecule is CNCc1cn([C@@H]2O[C@H](CS/C(C)=C(\C)CCC=C(C)C)[C@@H](O)[C@H]2O)c(=O)[nH]c1=O. The second-order valence-corrected chi connectivity index (χ2v) is 9.10. The molecular formula is C21H33N3O5S. The van der Waals surface area contributed by atoms with Crippen LogP contribution in [0, 0.1) is 0 Å². The highest BCUT2D eigenvalue weighted by atomic mass is 32.2. The molecule has 0 spiro atoms. The second kappa shape index (κ2) is 11.1. The number of hydrogen-bond donors (Lipinski definition) is 4. The molecule has 4 atom stereocenters. The molecule has 1 aliphatic heterocycles. The van der Waals surface area contributed by atoms with Gasteiger partial charge in [0.2, 0.25) is 0 Å². The minimum Gasteiger partial charge on any atom is -0.387 e. The second-order valence-electron chi connectivity index (χ2n) is 7.87. The van der Waals surface area contributed by atoms with E-state index >= 15 is 0 Å². The van der Waals surface area contributed by atoms with Gasteiger partial charge in [0.05, 0.1) is 6.10 Å². The summed E-state index contributed by atoms with van der Waals surface area (Å²) in [4.78, 5) is 27.5. The molecule has 9 heteroatoms. The molecule has 1 aliphatic rings. The van der Waals surface area contributed by atoms with Crippen LogP contribution in [0.15, 0.2) is 37.9 Å². The summed E-state index contributed by atoms with van der Waals surface area (Å²) in [5.74, 6) is 0.446. The molecule has 0 radical (unpaired) electrons. The topological polar surface area (TPSA) is 117 Å². The third-order valence-corrected chi connectivity index (χ3v) is 6.43. The van der Waals surface area contributed by atoms with Crippen LogP contribution in [0.3, 0.4) is 0 Å². The number of aliphatic hydroxyl groups is 2. The largest absolute Gasteiger partial charge is 0.387 e. The van der Waals surface area contributed by atoms with Crippen LogP contribution in [0.2, 0.25) is 0 Å². The molecule has 30 heavy (non-hydrogen) atoms. The summed E-state index contributed by atoms with van der Waals surface area (Å²) < 4.78 is 6.98. The first-order valence-corrected chi connectivity index (χ1v) is 11.1. The van der Waals surface area contributed by atoms with Gasteiger partial charge >= 0.3 is 5.69 Å². The molecule has 1 fully saturated rings. The van der Waals surface area contributed by atoms with Gasteiger partial charge in [0, 0.05) is 24.1 Å². The van der Waals surface area contributed by atoms with E-state index in [1.54, 1.807) is 18.8 Å². The Morgan fingerprint density at radius 2 is 1.97 bits per heavy atom. The molecule has 8 nitrogen and oxygen atoms in total. The monoisotopic (exact) mass is 439 g/mol. The Bertz CT molecular complexity index is 901. The molecule has 4 N–H and O–H groups in total. The van der Waals surface area contributed by atoms with Gasteiger partial charge in [0.25, 0.3) is 5.56 Å². The lowest BCUT2D eigenvalue weighted by Gasteiger charge is -2.18. The molecule has 0 unspecified atom stereocenters. The van der Waals surface area contributed by atoms with E-state index in [1.165, 1.54) is 17.3 Å². The highest BCUT2D eigenvalue weighted by Crippen LogP contribution is 2.32. The van der Waals surface area contributed by atoms with Crippen LogP contribution < -0.4 is 16.6 Å². The lowest BCUT2D eigenvalue weighted by atomic mass is 10.1. The van der Waals surface area contributed by atoms with Crippen molar-refractivity contribution in [3.63, 3.8) is 0 Å². The summed E-state index contributed by atoms with van der Waals surface area (Å²) in [5, 5.41) is 23.8. The van der Waals surface area contributed by atoms with Gasteiger partial charge in [0.15, 0.2) is 6.23 Å². The van der Waals surface area contributed by atoms with E-state index in [0.29, 0.717) is 11.3 Å². The van der Waals surface area contributed by atoms with Crippen molar-refractivity contribution in [2.45, 2.75) is 71.6 Å². The van der Waals surface area contributed by atoms with E-state index in [9.17, 15) is 19.8 Å². The third kappa shape index (κ3) is 6.18.